The van der Waals surface area contributed by atoms with Crippen LogP contribution >= 0.6 is 11.5 Å². The summed E-state index contributed by atoms with van der Waals surface area (Å²) < 4.78 is 35.4. The fraction of sp³-hybridized carbons (Fsp3) is 0.312. The molecule has 1 aliphatic carbocycles. The van der Waals surface area contributed by atoms with E-state index in [1.165, 1.54) is 11.5 Å². The van der Waals surface area contributed by atoms with Gasteiger partial charge in [-0.3, -0.25) is 0 Å². The quantitative estimate of drug-likeness (QED) is 0.735. The van der Waals surface area contributed by atoms with Crippen molar-refractivity contribution in [2.45, 2.75) is 18.9 Å². The Morgan fingerprint density at radius 1 is 1.25 bits per heavy atom. The van der Waals surface area contributed by atoms with Crippen LogP contribution in [0.25, 0.3) is 10.9 Å². The lowest BCUT2D eigenvalue weighted by Gasteiger charge is -2.10. The highest BCUT2D eigenvalue weighted by Crippen LogP contribution is 2.48. The summed E-state index contributed by atoms with van der Waals surface area (Å²) in [5.41, 5.74) is 0.705. The average Bonchev–Trinajstić information content (AvgIpc) is 2.98. The number of para-hydroxylation sites is 1. The molecule has 0 aliphatic heterocycles. The highest BCUT2D eigenvalue weighted by atomic mass is 32.1. The first kappa shape index (κ1) is 15.2. The zero-order chi connectivity index (χ0) is 16.6. The lowest BCUT2D eigenvalue weighted by atomic mass is 10.2. The molecule has 1 atom stereocenters. The Morgan fingerprint density at radius 2 is 2.08 bits per heavy atom. The highest BCUT2D eigenvalue weighted by molar-refractivity contribution is 7.05. The van der Waals surface area contributed by atoms with Gasteiger partial charge >= 0.3 is 6.01 Å². The van der Waals surface area contributed by atoms with Crippen molar-refractivity contribution in [3.8, 4) is 6.01 Å². The largest absolute Gasteiger partial charge is 0.463 e. The number of nitrogens with one attached hydrogen (secondary N) is 1. The molecule has 1 aliphatic rings. The predicted molar refractivity (Wildman–Crippen MR) is 87.5 cm³/mol. The number of hydrogen-bond acceptors (Lipinski definition) is 6. The van der Waals surface area contributed by atoms with E-state index in [0.29, 0.717) is 17.9 Å². The van der Waals surface area contributed by atoms with Gasteiger partial charge < -0.3 is 10.1 Å². The van der Waals surface area contributed by atoms with E-state index < -0.39 is 11.8 Å². The van der Waals surface area contributed by atoms with E-state index in [9.17, 15) is 8.78 Å². The molecule has 1 unspecified atom stereocenters. The van der Waals surface area contributed by atoms with Gasteiger partial charge in [-0.1, -0.05) is 12.1 Å². The summed E-state index contributed by atoms with van der Waals surface area (Å²) in [5, 5.41) is 4.09. The Hall–Kier alpha value is -2.35. The summed E-state index contributed by atoms with van der Waals surface area (Å²) >= 11 is 1.40. The molecule has 1 N–H and O–H groups in total. The number of anilines is 1. The van der Waals surface area contributed by atoms with E-state index in [-0.39, 0.29) is 19.0 Å². The minimum atomic E-state index is -2.61. The van der Waals surface area contributed by atoms with Gasteiger partial charge in [0.05, 0.1) is 18.0 Å². The van der Waals surface area contributed by atoms with Crippen LogP contribution in [0.2, 0.25) is 0 Å². The second kappa shape index (κ2) is 5.94. The van der Waals surface area contributed by atoms with Gasteiger partial charge in [-0.05, 0) is 29.7 Å². The summed E-state index contributed by atoms with van der Waals surface area (Å²) in [5.74, 6) is -2.72. The number of rotatable bonds is 6. The fourth-order valence-electron chi connectivity index (χ4n) is 2.38. The molecular formula is C16H14F2N4OS. The molecule has 4 rings (SSSR count). The molecule has 3 aromatic rings. The van der Waals surface area contributed by atoms with Crippen LogP contribution in [-0.2, 0) is 6.54 Å². The molecule has 0 amide bonds. The molecule has 1 fully saturated rings. The van der Waals surface area contributed by atoms with Crippen molar-refractivity contribution in [2.24, 2.45) is 5.92 Å². The summed E-state index contributed by atoms with van der Waals surface area (Å²) in [6.07, 6.45) is 1.61. The molecule has 124 valence electrons. The van der Waals surface area contributed by atoms with E-state index in [4.69, 9.17) is 4.74 Å². The van der Waals surface area contributed by atoms with Gasteiger partial charge in [-0.2, -0.15) is 9.97 Å². The van der Waals surface area contributed by atoms with Crippen molar-refractivity contribution in [1.29, 1.82) is 0 Å². The molecule has 0 radical (unpaired) electrons. The Balaban J connectivity index is 1.56. The van der Waals surface area contributed by atoms with Crippen molar-refractivity contribution in [1.82, 2.24) is 14.3 Å². The second-order valence-corrected chi connectivity index (χ2v) is 6.60. The first-order valence-electron chi connectivity index (χ1n) is 7.53. The summed E-state index contributed by atoms with van der Waals surface area (Å²) in [6, 6.07) is 9.54. The first-order valence-corrected chi connectivity index (χ1v) is 8.30. The van der Waals surface area contributed by atoms with Gasteiger partial charge in [-0.15, -0.1) is 0 Å². The number of hydrogen-bond donors (Lipinski definition) is 1. The Labute approximate surface area is 140 Å². The van der Waals surface area contributed by atoms with E-state index in [0.717, 1.165) is 10.3 Å². The molecular weight excluding hydrogens is 334 g/mol. The maximum absolute atomic E-state index is 13.0. The number of benzene rings is 1. The van der Waals surface area contributed by atoms with Crippen LogP contribution in [0, 0.1) is 5.92 Å². The maximum atomic E-state index is 13.0. The van der Waals surface area contributed by atoms with Gasteiger partial charge in [0.15, 0.2) is 0 Å². The van der Waals surface area contributed by atoms with Crippen molar-refractivity contribution >= 4 is 28.3 Å². The Bertz CT molecular complexity index is 856. The number of nitrogens with zero attached hydrogens (tertiary/aromatic N) is 3. The van der Waals surface area contributed by atoms with Gasteiger partial charge in [-0.25, -0.2) is 13.2 Å². The van der Waals surface area contributed by atoms with Crippen LogP contribution in [0.15, 0.2) is 36.5 Å². The summed E-state index contributed by atoms with van der Waals surface area (Å²) in [6.45, 7) is 0.505. The normalized spacial score (nSPS) is 18.5. The van der Waals surface area contributed by atoms with Crippen molar-refractivity contribution in [3.05, 3.63) is 41.4 Å². The Morgan fingerprint density at radius 3 is 2.83 bits per heavy atom. The third kappa shape index (κ3) is 3.14. The number of ether oxygens (including phenoxy) is 1. The fourth-order valence-corrected chi connectivity index (χ4v) is 2.90. The van der Waals surface area contributed by atoms with E-state index >= 15 is 0 Å². The topological polar surface area (TPSA) is 59.9 Å². The molecule has 2 aromatic heterocycles. The van der Waals surface area contributed by atoms with Crippen molar-refractivity contribution < 1.29 is 13.5 Å². The second-order valence-electron chi connectivity index (χ2n) is 5.68. The van der Waals surface area contributed by atoms with E-state index in [1.54, 1.807) is 6.20 Å². The Kier molecular flexibility index (Phi) is 3.76. The average molecular weight is 348 g/mol. The molecule has 1 saturated carbocycles. The lowest BCUT2D eigenvalue weighted by Crippen LogP contribution is -2.09. The minimum absolute atomic E-state index is 0.0698. The van der Waals surface area contributed by atoms with Crippen LogP contribution in [0.5, 0.6) is 6.01 Å². The van der Waals surface area contributed by atoms with Crippen LogP contribution in [0.3, 0.4) is 0 Å². The zero-order valence-electron chi connectivity index (χ0n) is 12.6. The summed E-state index contributed by atoms with van der Waals surface area (Å²) in [4.78, 5) is 9.71. The molecule has 5 nitrogen and oxygen atoms in total. The van der Waals surface area contributed by atoms with Crippen LogP contribution in [0.4, 0.5) is 14.6 Å². The number of alkyl halides is 2. The molecule has 8 heteroatoms. The number of fused-ring (bicyclic) bond motifs is 1. The highest BCUT2D eigenvalue weighted by Gasteiger charge is 2.57. The zero-order valence-corrected chi connectivity index (χ0v) is 13.4. The van der Waals surface area contributed by atoms with Crippen molar-refractivity contribution in [3.63, 3.8) is 0 Å². The van der Waals surface area contributed by atoms with Gasteiger partial charge in [0.2, 0.25) is 0 Å². The van der Waals surface area contributed by atoms with E-state index in [2.05, 4.69) is 19.7 Å². The van der Waals surface area contributed by atoms with Crippen LogP contribution < -0.4 is 10.1 Å². The third-order valence-corrected chi connectivity index (χ3v) is 4.62. The number of halogens is 2. The third-order valence-electron chi connectivity index (χ3n) is 3.87. The molecule has 1 aromatic carbocycles. The molecule has 2 heterocycles. The number of aromatic nitrogens is 3. The van der Waals surface area contributed by atoms with Gasteiger partial charge in [0.25, 0.3) is 5.92 Å². The SMILES string of the molecule is FC1(F)CC1COc1nc(NCc2ccns2)c2ccccc2n1. The molecule has 24 heavy (non-hydrogen) atoms. The molecule has 0 saturated heterocycles. The molecule has 0 bridgehead atoms. The van der Waals surface area contributed by atoms with Crippen LogP contribution in [0.1, 0.15) is 11.3 Å². The van der Waals surface area contributed by atoms with E-state index in [1.807, 2.05) is 30.3 Å². The maximum Gasteiger partial charge on any atom is 0.318 e. The standard InChI is InChI=1S/C16H14F2N4OS/c17-16(18)7-10(16)9-23-15-21-13-4-2-1-3-12(13)14(22-15)19-8-11-5-6-20-24-11/h1-6,10H,7-9H2,(H,19,21,22). The van der Waals surface area contributed by atoms with Crippen molar-refractivity contribution in [2.75, 3.05) is 11.9 Å². The summed E-state index contributed by atoms with van der Waals surface area (Å²) in [7, 11) is 0. The first-order chi connectivity index (χ1) is 11.6. The lowest BCUT2D eigenvalue weighted by molar-refractivity contribution is 0.0843. The smallest absolute Gasteiger partial charge is 0.318 e. The predicted octanol–water partition coefficient (Wildman–Crippen LogP) is 3.73. The van der Waals surface area contributed by atoms with Gasteiger partial charge in [0, 0.05) is 22.9 Å². The minimum Gasteiger partial charge on any atom is -0.463 e. The molecule has 0 spiro atoms. The van der Waals surface area contributed by atoms with Gasteiger partial charge in [0.1, 0.15) is 12.4 Å². The monoisotopic (exact) mass is 348 g/mol. The van der Waals surface area contributed by atoms with Crippen LogP contribution in [-0.4, -0.2) is 26.9 Å².